The Hall–Kier alpha value is -1.86. The number of ether oxygens (including phenoxy) is 1. The number of benzene rings is 1. The third-order valence-electron chi connectivity index (χ3n) is 2.65. The van der Waals surface area contributed by atoms with E-state index < -0.39 is 17.2 Å². The van der Waals surface area contributed by atoms with E-state index in [4.69, 9.17) is 15.0 Å². The van der Waals surface area contributed by atoms with Crippen LogP contribution in [0.3, 0.4) is 0 Å². The normalized spacial score (nSPS) is 14.2. The topological polar surface area (TPSA) is 74.2 Å². The Bertz CT molecular complexity index is 579. The molecule has 108 valence electrons. The molecule has 0 aliphatic rings. The number of aromatic nitrogens is 2. The second kappa shape index (κ2) is 5.64. The summed E-state index contributed by atoms with van der Waals surface area (Å²) in [6.07, 6.45) is 0. The van der Waals surface area contributed by atoms with Crippen LogP contribution in [-0.2, 0) is 10.3 Å². The smallest absolute Gasteiger partial charge is 0.258 e. The zero-order valence-electron chi connectivity index (χ0n) is 11.2. The summed E-state index contributed by atoms with van der Waals surface area (Å²) in [5.74, 6) is -1.22. The van der Waals surface area contributed by atoms with Crippen LogP contribution in [0.25, 0.3) is 11.5 Å². The lowest BCUT2D eigenvalue weighted by Gasteiger charge is -2.19. The van der Waals surface area contributed by atoms with E-state index in [2.05, 4.69) is 10.1 Å². The first kappa shape index (κ1) is 14.5. The van der Waals surface area contributed by atoms with Crippen LogP contribution in [0.1, 0.15) is 19.7 Å². The SMILES string of the molecule is CCOCC(C)(N)c1noc(-c2cc(F)cc(F)c2)n1. The molecule has 0 amide bonds. The minimum Gasteiger partial charge on any atom is -0.379 e. The lowest BCUT2D eigenvalue weighted by atomic mass is 10.1. The van der Waals surface area contributed by atoms with E-state index in [1.165, 1.54) is 0 Å². The Labute approximate surface area is 114 Å². The van der Waals surface area contributed by atoms with Gasteiger partial charge in [-0.05, 0) is 26.0 Å². The molecule has 2 aromatic rings. The summed E-state index contributed by atoms with van der Waals surface area (Å²) in [7, 11) is 0. The van der Waals surface area contributed by atoms with Gasteiger partial charge in [-0.25, -0.2) is 8.78 Å². The predicted molar refractivity (Wildman–Crippen MR) is 67.7 cm³/mol. The van der Waals surface area contributed by atoms with Crippen molar-refractivity contribution < 1.29 is 18.0 Å². The maximum Gasteiger partial charge on any atom is 0.258 e. The Morgan fingerprint density at radius 1 is 1.30 bits per heavy atom. The average Bonchev–Trinajstić information content (AvgIpc) is 2.85. The molecule has 20 heavy (non-hydrogen) atoms. The quantitative estimate of drug-likeness (QED) is 0.910. The van der Waals surface area contributed by atoms with Crippen LogP contribution in [0.2, 0.25) is 0 Å². The molecule has 2 rings (SSSR count). The van der Waals surface area contributed by atoms with Gasteiger partial charge in [0.25, 0.3) is 5.89 Å². The molecule has 0 radical (unpaired) electrons. The van der Waals surface area contributed by atoms with Gasteiger partial charge in [0.05, 0.1) is 6.61 Å². The lowest BCUT2D eigenvalue weighted by Crippen LogP contribution is -2.39. The van der Waals surface area contributed by atoms with Crippen LogP contribution >= 0.6 is 0 Å². The molecule has 7 heteroatoms. The van der Waals surface area contributed by atoms with Crippen molar-refractivity contribution in [2.75, 3.05) is 13.2 Å². The Morgan fingerprint density at radius 3 is 2.55 bits per heavy atom. The molecule has 1 atom stereocenters. The van der Waals surface area contributed by atoms with E-state index in [9.17, 15) is 8.78 Å². The molecule has 1 aromatic heterocycles. The fourth-order valence-corrected chi connectivity index (χ4v) is 1.63. The third-order valence-corrected chi connectivity index (χ3v) is 2.65. The van der Waals surface area contributed by atoms with Crippen molar-refractivity contribution in [3.63, 3.8) is 0 Å². The van der Waals surface area contributed by atoms with Gasteiger partial charge in [-0.2, -0.15) is 4.98 Å². The second-order valence-corrected chi connectivity index (χ2v) is 4.64. The summed E-state index contributed by atoms with van der Waals surface area (Å²) in [5.41, 5.74) is 5.24. The van der Waals surface area contributed by atoms with E-state index in [-0.39, 0.29) is 23.9 Å². The highest BCUT2D eigenvalue weighted by molar-refractivity contribution is 5.52. The second-order valence-electron chi connectivity index (χ2n) is 4.64. The maximum atomic E-state index is 13.1. The molecule has 0 spiro atoms. The summed E-state index contributed by atoms with van der Waals surface area (Å²) in [4.78, 5) is 4.07. The summed E-state index contributed by atoms with van der Waals surface area (Å²) in [5, 5.41) is 3.74. The van der Waals surface area contributed by atoms with Crippen molar-refractivity contribution in [1.82, 2.24) is 10.1 Å². The van der Waals surface area contributed by atoms with E-state index >= 15 is 0 Å². The monoisotopic (exact) mass is 283 g/mol. The predicted octanol–water partition coefficient (Wildman–Crippen LogP) is 2.23. The van der Waals surface area contributed by atoms with Crippen molar-refractivity contribution in [2.45, 2.75) is 19.4 Å². The van der Waals surface area contributed by atoms with Crippen molar-refractivity contribution in [3.05, 3.63) is 35.7 Å². The van der Waals surface area contributed by atoms with Crippen molar-refractivity contribution in [3.8, 4) is 11.5 Å². The van der Waals surface area contributed by atoms with Crippen molar-refractivity contribution in [2.24, 2.45) is 5.73 Å². The van der Waals surface area contributed by atoms with Gasteiger partial charge in [0.15, 0.2) is 5.82 Å². The van der Waals surface area contributed by atoms with Crippen LogP contribution in [0, 0.1) is 11.6 Å². The summed E-state index contributed by atoms with van der Waals surface area (Å²) < 4.78 is 36.5. The fraction of sp³-hybridized carbons (Fsp3) is 0.385. The first-order valence-electron chi connectivity index (χ1n) is 6.09. The number of halogens is 2. The number of nitrogens with zero attached hydrogens (tertiary/aromatic N) is 2. The largest absolute Gasteiger partial charge is 0.379 e. The molecule has 0 saturated carbocycles. The lowest BCUT2D eigenvalue weighted by molar-refractivity contribution is 0.0962. The van der Waals surface area contributed by atoms with E-state index in [1.54, 1.807) is 6.92 Å². The minimum atomic E-state index is -0.941. The molecule has 1 heterocycles. The molecule has 5 nitrogen and oxygen atoms in total. The summed E-state index contributed by atoms with van der Waals surface area (Å²) >= 11 is 0. The van der Waals surface area contributed by atoms with Gasteiger partial charge in [-0.1, -0.05) is 5.16 Å². The molecule has 0 saturated heterocycles. The maximum absolute atomic E-state index is 13.1. The molecule has 0 aliphatic carbocycles. The van der Waals surface area contributed by atoms with Gasteiger partial charge in [0.2, 0.25) is 0 Å². The highest BCUT2D eigenvalue weighted by atomic mass is 19.1. The van der Waals surface area contributed by atoms with Crippen molar-refractivity contribution >= 4 is 0 Å². The highest BCUT2D eigenvalue weighted by Gasteiger charge is 2.28. The Kier molecular flexibility index (Phi) is 4.10. The van der Waals surface area contributed by atoms with E-state index in [1.807, 2.05) is 6.92 Å². The average molecular weight is 283 g/mol. The molecule has 0 fully saturated rings. The zero-order valence-corrected chi connectivity index (χ0v) is 11.2. The van der Waals surface area contributed by atoms with Gasteiger partial charge in [-0.15, -0.1) is 0 Å². The molecular formula is C13H15F2N3O2. The molecule has 1 unspecified atom stereocenters. The summed E-state index contributed by atoms with van der Waals surface area (Å²) in [6, 6.07) is 2.98. The van der Waals surface area contributed by atoms with Crippen molar-refractivity contribution in [1.29, 1.82) is 0 Å². The van der Waals surface area contributed by atoms with Crippen LogP contribution in [-0.4, -0.2) is 23.4 Å². The van der Waals surface area contributed by atoms with Crippen LogP contribution in [0.15, 0.2) is 22.7 Å². The van der Waals surface area contributed by atoms with Crippen LogP contribution < -0.4 is 5.73 Å². The molecule has 0 aliphatic heterocycles. The minimum absolute atomic E-state index is 0.00609. The Balaban J connectivity index is 2.28. The third kappa shape index (κ3) is 3.17. The first-order valence-corrected chi connectivity index (χ1v) is 6.09. The molecular weight excluding hydrogens is 268 g/mol. The van der Waals surface area contributed by atoms with E-state index in [0.29, 0.717) is 6.61 Å². The van der Waals surface area contributed by atoms with Crippen LogP contribution in [0.4, 0.5) is 8.78 Å². The number of rotatable bonds is 5. The molecule has 2 N–H and O–H groups in total. The fourth-order valence-electron chi connectivity index (χ4n) is 1.63. The van der Waals surface area contributed by atoms with Gasteiger partial charge >= 0.3 is 0 Å². The zero-order chi connectivity index (χ0) is 14.8. The number of hydrogen-bond donors (Lipinski definition) is 1. The summed E-state index contributed by atoms with van der Waals surface area (Å²) in [6.45, 7) is 4.24. The van der Waals surface area contributed by atoms with Gasteiger partial charge in [0.1, 0.15) is 17.2 Å². The van der Waals surface area contributed by atoms with Gasteiger partial charge < -0.3 is 15.0 Å². The molecule has 1 aromatic carbocycles. The number of nitrogens with two attached hydrogens (primary N) is 1. The highest BCUT2D eigenvalue weighted by Crippen LogP contribution is 2.23. The van der Waals surface area contributed by atoms with E-state index in [0.717, 1.165) is 18.2 Å². The van der Waals surface area contributed by atoms with Gasteiger partial charge in [-0.3, -0.25) is 0 Å². The molecule has 0 bridgehead atoms. The first-order chi connectivity index (χ1) is 9.42. The van der Waals surface area contributed by atoms with Crippen LogP contribution in [0.5, 0.6) is 0 Å². The van der Waals surface area contributed by atoms with Gasteiger partial charge in [0, 0.05) is 18.2 Å². The Morgan fingerprint density at radius 2 is 1.95 bits per heavy atom. The standard InChI is InChI=1S/C13H15F2N3O2/c1-3-19-7-13(2,16)12-17-11(20-18-12)8-4-9(14)6-10(15)5-8/h4-6H,3,7,16H2,1-2H3. The number of hydrogen-bond acceptors (Lipinski definition) is 5.